The van der Waals surface area contributed by atoms with E-state index in [0.717, 1.165) is 35.3 Å². The molecule has 0 bridgehead atoms. The summed E-state index contributed by atoms with van der Waals surface area (Å²) in [6.07, 6.45) is 2.20. The van der Waals surface area contributed by atoms with E-state index in [1.54, 1.807) is 0 Å². The van der Waals surface area contributed by atoms with Crippen LogP contribution >= 0.6 is 0 Å². The average Bonchev–Trinajstić information content (AvgIpc) is 2.41. The first-order valence-corrected chi connectivity index (χ1v) is 7.21. The van der Waals surface area contributed by atoms with Gasteiger partial charge in [0.05, 0.1) is 0 Å². The van der Waals surface area contributed by atoms with Crippen LogP contribution in [0.5, 0.6) is 0 Å². The van der Waals surface area contributed by atoms with Crippen molar-refractivity contribution in [1.29, 1.82) is 0 Å². The van der Waals surface area contributed by atoms with E-state index in [4.69, 9.17) is 11.5 Å². The van der Waals surface area contributed by atoms with E-state index in [1.165, 1.54) is 5.56 Å². The van der Waals surface area contributed by atoms with E-state index in [1.807, 2.05) is 30.3 Å². The monoisotopic (exact) mass is 268 g/mol. The van der Waals surface area contributed by atoms with Crippen LogP contribution in [0, 0.1) is 0 Å². The van der Waals surface area contributed by atoms with Crippen LogP contribution in [0.1, 0.15) is 39.2 Å². The van der Waals surface area contributed by atoms with Crippen molar-refractivity contribution < 1.29 is 0 Å². The standard InChI is InChI=1S/C18H24N2/c1-4-12-18(2,3)17-15(20)11-10-14(19)16(17)13-8-6-5-7-9-13/h5-11H,4,12,19-20H2,1-3H3. The first-order chi connectivity index (χ1) is 9.47. The molecular formula is C18H24N2. The Morgan fingerprint density at radius 1 is 0.900 bits per heavy atom. The molecule has 0 heterocycles. The average molecular weight is 268 g/mol. The Morgan fingerprint density at radius 3 is 2.10 bits per heavy atom. The highest BCUT2D eigenvalue weighted by atomic mass is 14.6. The molecule has 0 aliphatic rings. The molecule has 20 heavy (non-hydrogen) atoms. The normalized spacial score (nSPS) is 11.6. The molecule has 2 nitrogen and oxygen atoms in total. The summed E-state index contributed by atoms with van der Waals surface area (Å²) in [6.45, 7) is 6.69. The second-order valence-electron chi connectivity index (χ2n) is 5.99. The molecule has 0 amide bonds. The molecule has 0 radical (unpaired) electrons. The molecule has 0 saturated heterocycles. The van der Waals surface area contributed by atoms with Gasteiger partial charge < -0.3 is 11.5 Å². The SMILES string of the molecule is CCCC(C)(C)c1c(N)ccc(N)c1-c1ccccc1. The Morgan fingerprint density at radius 2 is 1.50 bits per heavy atom. The van der Waals surface area contributed by atoms with E-state index in [2.05, 4.69) is 32.9 Å². The number of rotatable bonds is 4. The van der Waals surface area contributed by atoms with Crippen molar-refractivity contribution >= 4 is 11.4 Å². The van der Waals surface area contributed by atoms with Gasteiger partial charge in [0.15, 0.2) is 0 Å². The molecule has 0 aliphatic carbocycles. The van der Waals surface area contributed by atoms with Crippen LogP contribution in [0.2, 0.25) is 0 Å². The molecule has 0 spiro atoms. The molecule has 0 aliphatic heterocycles. The van der Waals surface area contributed by atoms with Gasteiger partial charge in [0, 0.05) is 16.9 Å². The lowest BCUT2D eigenvalue weighted by molar-refractivity contribution is 0.476. The largest absolute Gasteiger partial charge is 0.398 e. The zero-order chi connectivity index (χ0) is 14.8. The first kappa shape index (κ1) is 14.4. The summed E-state index contributed by atoms with van der Waals surface area (Å²) in [5, 5.41) is 0. The van der Waals surface area contributed by atoms with Crippen molar-refractivity contribution in [3.63, 3.8) is 0 Å². The fraction of sp³-hybridized carbons (Fsp3) is 0.333. The summed E-state index contributed by atoms with van der Waals surface area (Å²) < 4.78 is 0. The highest BCUT2D eigenvalue weighted by molar-refractivity contribution is 5.84. The van der Waals surface area contributed by atoms with Crippen molar-refractivity contribution in [2.45, 2.75) is 39.0 Å². The van der Waals surface area contributed by atoms with Crippen LogP contribution in [0.15, 0.2) is 42.5 Å². The van der Waals surface area contributed by atoms with E-state index in [0.29, 0.717) is 0 Å². The van der Waals surface area contributed by atoms with E-state index < -0.39 is 0 Å². The minimum Gasteiger partial charge on any atom is -0.398 e. The van der Waals surface area contributed by atoms with Crippen LogP contribution in [0.4, 0.5) is 11.4 Å². The second kappa shape index (κ2) is 5.58. The molecule has 0 unspecified atom stereocenters. The highest BCUT2D eigenvalue weighted by Gasteiger charge is 2.27. The summed E-state index contributed by atoms with van der Waals surface area (Å²) in [5.74, 6) is 0. The highest BCUT2D eigenvalue weighted by Crippen LogP contribution is 2.42. The zero-order valence-corrected chi connectivity index (χ0v) is 12.6. The molecule has 106 valence electrons. The number of anilines is 2. The Kier molecular flexibility index (Phi) is 4.03. The third-order valence-electron chi connectivity index (χ3n) is 3.88. The summed E-state index contributed by atoms with van der Waals surface area (Å²) in [6, 6.07) is 14.1. The fourth-order valence-electron chi connectivity index (χ4n) is 3.03. The van der Waals surface area contributed by atoms with Crippen LogP contribution in [-0.2, 0) is 5.41 Å². The van der Waals surface area contributed by atoms with Crippen molar-refractivity contribution in [2.75, 3.05) is 11.5 Å². The van der Waals surface area contributed by atoms with Gasteiger partial charge in [0.1, 0.15) is 0 Å². The molecule has 2 aromatic rings. The summed E-state index contributed by atoms with van der Waals surface area (Å²) in [7, 11) is 0. The predicted molar refractivity (Wildman–Crippen MR) is 88.6 cm³/mol. The number of benzene rings is 2. The Bertz CT molecular complexity index is 586. The molecule has 2 aromatic carbocycles. The lowest BCUT2D eigenvalue weighted by atomic mass is 9.75. The van der Waals surface area contributed by atoms with Gasteiger partial charge in [-0.3, -0.25) is 0 Å². The molecule has 0 fully saturated rings. The smallest absolute Gasteiger partial charge is 0.0398 e. The van der Waals surface area contributed by atoms with Crippen molar-refractivity contribution in [1.82, 2.24) is 0 Å². The number of hydrogen-bond acceptors (Lipinski definition) is 2. The van der Waals surface area contributed by atoms with Gasteiger partial charge in [0.2, 0.25) is 0 Å². The molecule has 4 N–H and O–H groups in total. The van der Waals surface area contributed by atoms with Crippen molar-refractivity contribution in [2.24, 2.45) is 0 Å². The second-order valence-corrected chi connectivity index (χ2v) is 5.99. The molecule has 0 atom stereocenters. The third-order valence-corrected chi connectivity index (χ3v) is 3.88. The number of nitrogens with two attached hydrogens (primary N) is 2. The molecule has 0 aromatic heterocycles. The fourth-order valence-corrected chi connectivity index (χ4v) is 3.03. The topological polar surface area (TPSA) is 52.0 Å². The summed E-state index contributed by atoms with van der Waals surface area (Å²) in [5.41, 5.74) is 17.6. The van der Waals surface area contributed by atoms with Gasteiger partial charge >= 0.3 is 0 Å². The maximum absolute atomic E-state index is 6.29. The minimum absolute atomic E-state index is 0.0133. The van der Waals surface area contributed by atoms with Crippen LogP contribution < -0.4 is 11.5 Å². The summed E-state index contributed by atoms with van der Waals surface area (Å²) >= 11 is 0. The number of nitrogen functional groups attached to an aromatic ring is 2. The Hall–Kier alpha value is -1.96. The molecule has 2 rings (SSSR count). The quantitative estimate of drug-likeness (QED) is 0.796. The summed E-state index contributed by atoms with van der Waals surface area (Å²) in [4.78, 5) is 0. The lowest BCUT2D eigenvalue weighted by Gasteiger charge is -2.30. The minimum atomic E-state index is 0.0133. The van der Waals surface area contributed by atoms with Gasteiger partial charge in [0.25, 0.3) is 0 Å². The van der Waals surface area contributed by atoms with E-state index in [-0.39, 0.29) is 5.41 Å². The third kappa shape index (κ3) is 2.64. The van der Waals surface area contributed by atoms with Gasteiger partial charge in [-0.25, -0.2) is 0 Å². The van der Waals surface area contributed by atoms with E-state index in [9.17, 15) is 0 Å². The van der Waals surface area contributed by atoms with Gasteiger partial charge in [-0.15, -0.1) is 0 Å². The van der Waals surface area contributed by atoms with Gasteiger partial charge in [-0.1, -0.05) is 57.5 Å². The lowest BCUT2D eigenvalue weighted by Crippen LogP contribution is -2.20. The van der Waals surface area contributed by atoms with Gasteiger partial charge in [-0.05, 0) is 35.1 Å². The molecular weight excluding hydrogens is 244 g/mol. The first-order valence-electron chi connectivity index (χ1n) is 7.21. The molecule has 2 heteroatoms. The maximum atomic E-state index is 6.29. The van der Waals surface area contributed by atoms with Crippen LogP contribution in [-0.4, -0.2) is 0 Å². The predicted octanol–water partition coefficient (Wildman–Crippen LogP) is 4.60. The molecule has 0 saturated carbocycles. The van der Waals surface area contributed by atoms with Crippen LogP contribution in [0.25, 0.3) is 11.1 Å². The van der Waals surface area contributed by atoms with Crippen molar-refractivity contribution in [3.05, 3.63) is 48.0 Å². The number of hydrogen-bond donors (Lipinski definition) is 2. The van der Waals surface area contributed by atoms with Crippen molar-refractivity contribution in [3.8, 4) is 11.1 Å². The van der Waals surface area contributed by atoms with Gasteiger partial charge in [-0.2, -0.15) is 0 Å². The Balaban J connectivity index is 2.71. The van der Waals surface area contributed by atoms with E-state index >= 15 is 0 Å². The maximum Gasteiger partial charge on any atom is 0.0398 e. The zero-order valence-electron chi connectivity index (χ0n) is 12.6. The van der Waals surface area contributed by atoms with Crippen LogP contribution in [0.3, 0.4) is 0 Å². The Labute approximate surface area is 121 Å².